The van der Waals surface area contributed by atoms with Crippen LogP contribution in [0.3, 0.4) is 0 Å². The van der Waals surface area contributed by atoms with Gasteiger partial charge in [-0.2, -0.15) is 0 Å². The molecule has 68 valence electrons. The van der Waals surface area contributed by atoms with Crippen LogP contribution in [0.1, 0.15) is 32.1 Å². The van der Waals surface area contributed by atoms with Gasteiger partial charge in [0.2, 0.25) is 0 Å². The Hall–Kier alpha value is -0.560. The highest BCUT2D eigenvalue weighted by Gasteiger charge is 2.05. The predicted molar refractivity (Wildman–Crippen MR) is 52.2 cm³/mol. The fourth-order valence-electron chi connectivity index (χ4n) is 1.46. The highest BCUT2D eigenvalue weighted by atomic mass is 16.5. The van der Waals surface area contributed by atoms with E-state index in [1.54, 1.807) is 0 Å². The van der Waals surface area contributed by atoms with Gasteiger partial charge in [0.1, 0.15) is 0 Å². The van der Waals surface area contributed by atoms with E-state index in [0.717, 1.165) is 0 Å². The summed E-state index contributed by atoms with van der Waals surface area (Å²) >= 11 is 0. The van der Waals surface area contributed by atoms with Gasteiger partial charge in [0.15, 0.2) is 0 Å². The number of hydrogen-bond acceptors (Lipinski definition) is 1. The molecule has 0 amide bonds. The van der Waals surface area contributed by atoms with Crippen LogP contribution in [0.4, 0.5) is 0 Å². The SMILES string of the molecule is C=CCOC1/C=C\CCCCC1. The molecule has 0 aromatic heterocycles. The van der Waals surface area contributed by atoms with E-state index < -0.39 is 0 Å². The Labute approximate surface area is 75.1 Å². The summed E-state index contributed by atoms with van der Waals surface area (Å²) in [6, 6.07) is 0. The first-order chi connectivity index (χ1) is 5.93. The summed E-state index contributed by atoms with van der Waals surface area (Å²) in [7, 11) is 0. The van der Waals surface area contributed by atoms with Crippen LogP contribution in [0, 0.1) is 0 Å². The lowest BCUT2D eigenvalue weighted by molar-refractivity contribution is 0.0995. The molecular formula is C11H18O. The fourth-order valence-corrected chi connectivity index (χ4v) is 1.46. The zero-order chi connectivity index (χ0) is 8.65. The van der Waals surface area contributed by atoms with Crippen LogP contribution in [-0.2, 0) is 4.74 Å². The fraction of sp³-hybridized carbons (Fsp3) is 0.636. The van der Waals surface area contributed by atoms with E-state index in [4.69, 9.17) is 4.74 Å². The van der Waals surface area contributed by atoms with Crippen molar-refractivity contribution in [3.63, 3.8) is 0 Å². The van der Waals surface area contributed by atoms with Crippen LogP contribution in [0.15, 0.2) is 24.8 Å². The average Bonchev–Trinajstić information content (AvgIpc) is 2.02. The number of allylic oxidation sites excluding steroid dienone is 1. The number of hydrogen-bond donors (Lipinski definition) is 0. The second kappa shape index (κ2) is 6.01. The van der Waals surface area contributed by atoms with Gasteiger partial charge in [-0.3, -0.25) is 0 Å². The molecule has 1 aliphatic carbocycles. The average molecular weight is 166 g/mol. The molecule has 0 spiro atoms. The van der Waals surface area contributed by atoms with Crippen molar-refractivity contribution in [3.8, 4) is 0 Å². The Morgan fingerprint density at radius 3 is 3.17 bits per heavy atom. The zero-order valence-electron chi connectivity index (χ0n) is 7.67. The molecule has 0 bridgehead atoms. The molecule has 1 aliphatic rings. The van der Waals surface area contributed by atoms with E-state index in [-0.39, 0.29) is 0 Å². The van der Waals surface area contributed by atoms with Crippen molar-refractivity contribution in [3.05, 3.63) is 24.8 Å². The van der Waals surface area contributed by atoms with Gasteiger partial charge in [-0.1, -0.05) is 31.1 Å². The van der Waals surface area contributed by atoms with Crippen LogP contribution in [-0.4, -0.2) is 12.7 Å². The molecule has 0 heterocycles. The Kier molecular flexibility index (Phi) is 4.77. The maximum absolute atomic E-state index is 5.56. The van der Waals surface area contributed by atoms with Crippen molar-refractivity contribution in [2.75, 3.05) is 6.61 Å². The van der Waals surface area contributed by atoms with E-state index >= 15 is 0 Å². The second-order valence-electron chi connectivity index (χ2n) is 3.23. The number of ether oxygens (including phenoxy) is 1. The smallest absolute Gasteiger partial charge is 0.0760 e. The highest BCUT2D eigenvalue weighted by Crippen LogP contribution is 2.13. The summed E-state index contributed by atoms with van der Waals surface area (Å²) in [6.45, 7) is 4.31. The van der Waals surface area contributed by atoms with Gasteiger partial charge in [0.25, 0.3) is 0 Å². The van der Waals surface area contributed by atoms with E-state index in [1.807, 2.05) is 6.08 Å². The summed E-state index contributed by atoms with van der Waals surface area (Å²) in [5.41, 5.74) is 0. The minimum Gasteiger partial charge on any atom is -0.370 e. The number of rotatable bonds is 3. The van der Waals surface area contributed by atoms with Gasteiger partial charge < -0.3 is 4.74 Å². The third-order valence-corrected chi connectivity index (χ3v) is 2.14. The first-order valence-electron chi connectivity index (χ1n) is 4.82. The quantitative estimate of drug-likeness (QED) is 0.585. The molecule has 0 aliphatic heterocycles. The van der Waals surface area contributed by atoms with Crippen LogP contribution in [0.5, 0.6) is 0 Å². The van der Waals surface area contributed by atoms with Crippen molar-refractivity contribution in [1.29, 1.82) is 0 Å². The lowest BCUT2D eigenvalue weighted by Crippen LogP contribution is -2.10. The monoisotopic (exact) mass is 166 g/mol. The molecule has 1 atom stereocenters. The molecule has 0 saturated heterocycles. The van der Waals surface area contributed by atoms with E-state index in [0.29, 0.717) is 12.7 Å². The summed E-state index contributed by atoms with van der Waals surface area (Å²) in [5, 5.41) is 0. The van der Waals surface area contributed by atoms with E-state index in [9.17, 15) is 0 Å². The van der Waals surface area contributed by atoms with Gasteiger partial charge in [-0.25, -0.2) is 0 Å². The summed E-state index contributed by atoms with van der Waals surface area (Å²) in [5.74, 6) is 0. The maximum atomic E-state index is 5.56. The predicted octanol–water partition coefficient (Wildman–Crippen LogP) is 3.08. The van der Waals surface area contributed by atoms with Crippen molar-refractivity contribution < 1.29 is 4.74 Å². The van der Waals surface area contributed by atoms with Gasteiger partial charge in [0, 0.05) is 0 Å². The first kappa shape index (κ1) is 9.53. The standard InChI is InChI=1S/C11H18O/c1-2-10-12-11-8-6-4-3-5-7-9-11/h2,6,8,11H,1,3-5,7,9-10H2/b8-6-. The highest BCUT2D eigenvalue weighted by molar-refractivity contribution is 4.91. The van der Waals surface area contributed by atoms with Crippen molar-refractivity contribution >= 4 is 0 Å². The lowest BCUT2D eigenvalue weighted by Gasteiger charge is -2.14. The largest absolute Gasteiger partial charge is 0.370 e. The van der Waals surface area contributed by atoms with Gasteiger partial charge >= 0.3 is 0 Å². The molecule has 0 aromatic carbocycles. The molecule has 12 heavy (non-hydrogen) atoms. The molecule has 0 fully saturated rings. The van der Waals surface area contributed by atoms with E-state index in [1.165, 1.54) is 32.1 Å². The van der Waals surface area contributed by atoms with Crippen LogP contribution < -0.4 is 0 Å². The molecule has 1 unspecified atom stereocenters. The summed E-state index contributed by atoms with van der Waals surface area (Å²) < 4.78 is 5.56. The minimum absolute atomic E-state index is 0.336. The maximum Gasteiger partial charge on any atom is 0.0760 e. The van der Waals surface area contributed by atoms with Crippen LogP contribution in [0.2, 0.25) is 0 Å². The molecule has 1 nitrogen and oxygen atoms in total. The van der Waals surface area contributed by atoms with Gasteiger partial charge in [0.05, 0.1) is 12.7 Å². The molecule has 0 N–H and O–H groups in total. The molecular weight excluding hydrogens is 148 g/mol. The van der Waals surface area contributed by atoms with Crippen molar-refractivity contribution in [2.24, 2.45) is 0 Å². The van der Waals surface area contributed by atoms with E-state index in [2.05, 4.69) is 18.7 Å². The molecule has 1 rings (SSSR count). The summed E-state index contributed by atoms with van der Waals surface area (Å²) in [6.07, 6.45) is 13.0. The molecule has 1 heteroatoms. The Morgan fingerprint density at radius 2 is 2.33 bits per heavy atom. The first-order valence-corrected chi connectivity index (χ1v) is 4.82. The second-order valence-corrected chi connectivity index (χ2v) is 3.23. The van der Waals surface area contributed by atoms with Crippen LogP contribution in [0.25, 0.3) is 0 Å². The normalized spacial score (nSPS) is 27.2. The Bertz CT molecular complexity index is 149. The third-order valence-electron chi connectivity index (χ3n) is 2.14. The van der Waals surface area contributed by atoms with Crippen molar-refractivity contribution in [2.45, 2.75) is 38.2 Å². The molecule has 0 aromatic rings. The van der Waals surface area contributed by atoms with Gasteiger partial charge in [-0.05, 0) is 19.3 Å². The Morgan fingerprint density at radius 1 is 1.42 bits per heavy atom. The topological polar surface area (TPSA) is 9.23 Å². The third kappa shape index (κ3) is 3.72. The minimum atomic E-state index is 0.336. The Balaban J connectivity index is 2.27. The lowest BCUT2D eigenvalue weighted by atomic mass is 10.0. The molecule has 0 radical (unpaired) electrons. The van der Waals surface area contributed by atoms with Crippen LogP contribution >= 0.6 is 0 Å². The van der Waals surface area contributed by atoms with Gasteiger partial charge in [-0.15, -0.1) is 6.58 Å². The molecule has 0 saturated carbocycles. The summed E-state index contributed by atoms with van der Waals surface area (Å²) in [4.78, 5) is 0. The zero-order valence-corrected chi connectivity index (χ0v) is 7.67. The van der Waals surface area contributed by atoms with Crippen molar-refractivity contribution in [1.82, 2.24) is 0 Å².